The maximum atomic E-state index is 11.1. The van der Waals surface area contributed by atoms with Crippen molar-refractivity contribution in [3.8, 4) is 0 Å². The van der Waals surface area contributed by atoms with Gasteiger partial charge in [-0.05, 0) is 48.6 Å². The number of rotatable bonds is 2. The van der Waals surface area contributed by atoms with Crippen LogP contribution in [0.4, 0.5) is 5.69 Å². The summed E-state index contributed by atoms with van der Waals surface area (Å²) in [6, 6.07) is 11.4. The van der Waals surface area contributed by atoms with Crippen LogP contribution in [0, 0.1) is 12.8 Å². The van der Waals surface area contributed by atoms with Crippen LogP contribution < -0.4 is 5.32 Å². The molecule has 0 saturated carbocycles. The van der Waals surface area contributed by atoms with Gasteiger partial charge in [-0.15, -0.1) is 0 Å². The van der Waals surface area contributed by atoms with Crippen LogP contribution in [0.1, 0.15) is 45.4 Å². The van der Waals surface area contributed by atoms with E-state index in [1.807, 2.05) is 24.3 Å². The van der Waals surface area contributed by atoms with Gasteiger partial charge in [-0.3, -0.25) is 0 Å². The first-order valence-electron chi connectivity index (χ1n) is 8.11. The van der Waals surface area contributed by atoms with Crippen molar-refractivity contribution in [2.75, 3.05) is 5.32 Å². The van der Waals surface area contributed by atoms with E-state index in [1.54, 1.807) is 12.1 Å². The van der Waals surface area contributed by atoms with Crippen LogP contribution in [-0.2, 0) is 0 Å². The summed E-state index contributed by atoms with van der Waals surface area (Å²) in [6.07, 6.45) is 5.48. The van der Waals surface area contributed by atoms with Crippen molar-refractivity contribution in [3.63, 3.8) is 0 Å². The molecule has 0 fully saturated rings. The van der Waals surface area contributed by atoms with Gasteiger partial charge in [0.2, 0.25) is 0 Å². The van der Waals surface area contributed by atoms with Gasteiger partial charge < -0.3 is 10.4 Å². The number of aryl methyl sites for hydroxylation is 1. The largest absolute Gasteiger partial charge is 0.478 e. The number of carboxylic acid groups (broad SMARTS) is 1. The second-order valence-electron chi connectivity index (χ2n) is 6.56. The number of aromatic carboxylic acids is 1. The predicted octanol–water partition coefficient (Wildman–Crippen LogP) is 5.17. The number of carbonyl (C=O) groups is 1. The molecule has 3 atom stereocenters. The summed E-state index contributed by atoms with van der Waals surface area (Å²) in [5.74, 6) is -0.197. The summed E-state index contributed by atoms with van der Waals surface area (Å²) in [5, 5.41) is 13.6. The van der Waals surface area contributed by atoms with Crippen LogP contribution in [0.15, 0.2) is 48.6 Å². The molecule has 0 saturated heterocycles. The zero-order chi connectivity index (χ0) is 16.8. The molecule has 2 N–H and O–H groups in total. The Bertz CT molecular complexity index is 841. The molecule has 2 aromatic rings. The molecule has 0 aromatic heterocycles. The molecule has 0 amide bonds. The van der Waals surface area contributed by atoms with Gasteiger partial charge in [0.15, 0.2) is 0 Å². The molecule has 2 aromatic carbocycles. The SMILES string of the molecule is Cc1ccc(Cl)c2c1N[C@@H](c1ccc(C(=O)O)cc1)[C@H]1CC=C[C@H]21. The Balaban J connectivity index is 1.78. The van der Waals surface area contributed by atoms with Crippen LogP contribution in [0.2, 0.25) is 5.02 Å². The Labute approximate surface area is 146 Å². The van der Waals surface area contributed by atoms with Gasteiger partial charge in [-0.2, -0.15) is 0 Å². The van der Waals surface area contributed by atoms with Gasteiger partial charge in [0.1, 0.15) is 0 Å². The van der Waals surface area contributed by atoms with E-state index in [-0.39, 0.29) is 6.04 Å². The Kier molecular flexibility index (Phi) is 3.61. The number of anilines is 1. The average Bonchev–Trinajstić information content (AvgIpc) is 3.07. The fourth-order valence-corrected chi connectivity index (χ4v) is 4.26. The van der Waals surface area contributed by atoms with E-state index < -0.39 is 5.97 Å². The van der Waals surface area contributed by atoms with Crippen LogP contribution in [0.25, 0.3) is 0 Å². The number of halogens is 1. The van der Waals surface area contributed by atoms with Crippen LogP contribution >= 0.6 is 11.6 Å². The fourth-order valence-electron chi connectivity index (χ4n) is 3.97. The molecule has 0 spiro atoms. The summed E-state index contributed by atoms with van der Waals surface area (Å²) < 4.78 is 0. The van der Waals surface area contributed by atoms with Gasteiger partial charge in [0, 0.05) is 22.2 Å². The van der Waals surface area contributed by atoms with E-state index in [0.717, 1.165) is 22.7 Å². The van der Waals surface area contributed by atoms with E-state index in [9.17, 15) is 4.79 Å². The van der Waals surface area contributed by atoms with Gasteiger partial charge in [-0.25, -0.2) is 4.79 Å². The number of carboxylic acids is 1. The third kappa shape index (κ3) is 2.31. The molecular weight excluding hydrogens is 322 g/mol. The zero-order valence-corrected chi connectivity index (χ0v) is 14.0. The topological polar surface area (TPSA) is 49.3 Å². The van der Waals surface area contributed by atoms with E-state index in [2.05, 4.69) is 24.4 Å². The number of nitrogens with one attached hydrogen (secondary N) is 1. The Morgan fingerprint density at radius 3 is 2.67 bits per heavy atom. The van der Waals surface area contributed by atoms with Crippen LogP contribution in [0.3, 0.4) is 0 Å². The Hall–Kier alpha value is -2.26. The number of hydrogen-bond donors (Lipinski definition) is 2. The zero-order valence-electron chi connectivity index (χ0n) is 13.3. The maximum absolute atomic E-state index is 11.1. The fraction of sp³-hybridized carbons (Fsp3) is 0.250. The van der Waals surface area contributed by atoms with E-state index >= 15 is 0 Å². The van der Waals surface area contributed by atoms with Crippen molar-refractivity contribution in [2.45, 2.75) is 25.3 Å². The van der Waals surface area contributed by atoms with Crippen LogP contribution in [0.5, 0.6) is 0 Å². The van der Waals surface area contributed by atoms with Crippen molar-refractivity contribution in [2.24, 2.45) is 5.92 Å². The van der Waals surface area contributed by atoms with Gasteiger partial charge in [-0.1, -0.05) is 42.0 Å². The molecule has 2 aliphatic rings. The second kappa shape index (κ2) is 5.67. The monoisotopic (exact) mass is 339 g/mol. The molecule has 1 aliphatic carbocycles. The van der Waals surface area contributed by atoms with E-state index in [4.69, 9.17) is 16.7 Å². The minimum Gasteiger partial charge on any atom is -0.478 e. The lowest BCUT2D eigenvalue weighted by Crippen LogP contribution is -2.29. The van der Waals surface area contributed by atoms with Gasteiger partial charge in [0.05, 0.1) is 11.6 Å². The Morgan fingerprint density at radius 1 is 1.21 bits per heavy atom. The standard InChI is InChI=1S/C20H18ClNO2/c1-11-5-10-16(21)17-14-3-2-4-15(14)19(22-18(11)17)12-6-8-13(9-7-12)20(23)24/h2-3,5-10,14-15,19,22H,4H2,1H3,(H,23,24)/t14-,15-,19-/m0/s1. The summed E-state index contributed by atoms with van der Waals surface area (Å²) in [6.45, 7) is 2.09. The average molecular weight is 340 g/mol. The maximum Gasteiger partial charge on any atom is 0.335 e. The molecule has 0 radical (unpaired) electrons. The summed E-state index contributed by atoms with van der Waals surface area (Å²) >= 11 is 6.49. The highest BCUT2D eigenvalue weighted by Crippen LogP contribution is 2.52. The quantitative estimate of drug-likeness (QED) is 0.742. The second-order valence-corrected chi connectivity index (χ2v) is 6.96. The normalized spacial score (nSPS) is 24.2. The third-order valence-electron chi connectivity index (χ3n) is 5.19. The molecule has 1 aliphatic heterocycles. The molecule has 3 nitrogen and oxygen atoms in total. The first-order valence-corrected chi connectivity index (χ1v) is 8.49. The molecule has 122 valence electrons. The minimum absolute atomic E-state index is 0.150. The number of hydrogen-bond acceptors (Lipinski definition) is 2. The van der Waals surface area contributed by atoms with Crippen molar-refractivity contribution in [1.29, 1.82) is 0 Å². The molecule has 1 heterocycles. The first-order chi connectivity index (χ1) is 11.6. The lowest BCUT2D eigenvalue weighted by atomic mass is 9.76. The highest BCUT2D eigenvalue weighted by atomic mass is 35.5. The lowest BCUT2D eigenvalue weighted by Gasteiger charge is -2.38. The van der Waals surface area contributed by atoms with Crippen molar-refractivity contribution in [1.82, 2.24) is 0 Å². The summed E-state index contributed by atoms with van der Waals surface area (Å²) in [7, 11) is 0. The Morgan fingerprint density at radius 2 is 1.96 bits per heavy atom. The van der Waals surface area contributed by atoms with Gasteiger partial charge >= 0.3 is 5.97 Å². The third-order valence-corrected chi connectivity index (χ3v) is 5.52. The van der Waals surface area contributed by atoms with E-state index in [0.29, 0.717) is 17.4 Å². The van der Waals surface area contributed by atoms with E-state index in [1.165, 1.54) is 11.1 Å². The highest BCUT2D eigenvalue weighted by molar-refractivity contribution is 6.32. The summed E-state index contributed by atoms with van der Waals surface area (Å²) in [4.78, 5) is 11.1. The number of benzene rings is 2. The van der Waals surface area contributed by atoms with Gasteiger partial charge in [0.25, 0.3) is 0 Å². The smallest absolute Gasteiger partial charge is 0.335 e. The predicted molar refractivity (Wildman–Crippen MR) is 95.9 cm³/mol. The van der Waals surface area contributed by atoms with Crippen molar-refractivity contribution >= 4 is 23.3 Å². The van der Waals surface area contributed by atoms with Crippen molar-refractivity contribution < 1.29 is 9.90 Å². The molecule has 0 bridgehead atoms. The minimum atomic E-state index is -0.897. The van der Waals surface area contributed by atoms with Crippen molar-refractivity contribution in [3.05, 3.63) is 75.8 Å². The molecule has 0 unspecified atom stereocenters. The molecular formula is C20H18ClNO2. The lowest BCUT2D eigenvalue weighted by molar-refractivity contribution is 0.0697. The summed E-state index contributed by atoms with van der Waals surface area (Å²) in [5.41, 5.74) is 4.91. The number of fused-ring (bicyclic) bond motifs is 3. The first kappa shape index (κ1) is 15.3. The van der Waals surface area contributed by atoms with Crippen LogP contribution in [-0.4, -0.2) is 11.1 Å². The molecule has 4 heteroatoms. The molecule has 24 heavy (non-hydrogen) atoms. The number of allylic oxidation sites excluding steroid dienone is 2. The highest BCUT2D eigenvalue weighted by Gasteiger charge is 2.39. The molecule has 4 rings (SSSR count).